The van der Waals surface area contributed by atoms with E-state index in [-0.39, 0.29) is 23.1 Å². The molecule has 0 atom stereocenters. The van der Waals surface area contributed by atoms with Gasteiger partial charge in [0.05, 0.1) is 11.1 Å². The first kappa shape index (κ1) is 15.0. The van der Waals surface area contributed by atoms with Crippen molar-refractivity contribution >= 4 is 28.3 Å². The average molecular weight is 322 g/mol. The minimum atomic E-state index is -0.398. The van der Waals surface area contributed by atoms with Crippen LogP contribution in [0.1, 0.15) is 37.8 Å². The van der Waals surface area contributed by atoms with Crippen molar-refractivity contribution in [3.05, 3.63) is 37.5 Å². The van der Waals surface area contributed by atoms with Crippen LogP contribution >= 0.6 is 11.6 Å². The zero-order valence-electron chi connectivity index (χ0n) is 12.4. The van der Waals surface area contributed by atoms with Crippen LogP contribution in [0.3, 0.4) is 0 Å². The topological polar surface area (TPSA) is 68.9 Å². The lowest BCUT2D eigenvalue weighted by Crippen LogP contribution is -2.16. The third kappa shape index (κ3) is 2.39. The van der Waals surface area contributed by atoms with Crippen molar-refractivity contribution in [2.24, 2.45) is 5.18 Å². The molecule has 1 heterocycles. The third-order valence-electron chi connectivity index (χ3n) is 3.84. The number of aryl methyl sites for hydroxylation is 1. The number of halogens is 1. The summed E-state index contributed by atoms with van der Waals surface area (Å²) in [5.74, 6) is 0.165. The maximum Gasteiger partial charge on any atom is 0.339 e. The fourth-order valence-corrected chi connectivity index (χ4v) is 3.19. The van der Waals surface area contributed by atoms with E-state index in [1.807, 2.05) is 13.8 Å². The van der Waals surface area contributed by atoms with E-state index >= 15 is 0 Å². The third-order valence-corrected chi connectivity index (χ3v) is 4.12. The van der Waals surface area contributed by atoms with Crippen LogP contribution in [-0.4, -0.2) is 6.10 Å². The quantitative estimate of drug-likeness (QED) is 0.616. The first-order valence-corrected chi connectivity index (χ1v) is 7.71. The van der Waals surface area contributed by atoms with Gasteiger partial charge in [0.1, 0.15) is 0 Å². The summed E-state index contributed by atoms with van der Waals surface area (Å²) in [7, 11) is 0. The highest BCUT2D eigenvalue weighted by molar-refractivity contribution is 6.33. The molecule has 5 nitrogen and oxygen atoms in total. The molecule has 0 bridgehead atoms. The van der Waals surface area contributed by atoms with Gasteiger partial charge >= 0.3 is 5.63 Å². The van der Waals surface area contributed by atoms with Crippen LogP contribution in [0.5, 0.6) is 5.75 Å². The molecule has 6 heteroatoms. The Morgan fingerprint density at radius 1 is 1.27 bits per heavy atom. The minimum Gasteiger partial charge on any atom is -0.487 e. The second-order valence-electron chi connectivity index (χ2n) is 5.72. The lowest BCUT2D eigenvalue weighted by Gasteiger charge is -2.18. The average Bonchev–Trinajstić information content (AvgIpc) is 2.49. The Bertz CT molecular complexity index is 810. The van der Waals surface area contributed by atoms with Crippen LogP contribution in [0.25, 0.3) is 11.0 Å². The molecule has 1 aliphatic carbocycles. The Morgan fingerprint density at radius 3 is 2.59 bits per heavy atom. The van der Waals surface area contributed by atoms with Crippen molar-refractivity contribution in [3.63, 3.8) is 0 Å². The van der Waals surface area contributed by atoms with Gasteiger partial charge in [0.15, 0.2) is 17.0 Å². The van der Waals surface area contributed by atoms with Gasteiger partial charge in [-0.25, -0.2) is 4.79 Å². The molecule has 1 aromatic heterocycles. The van der Waals surface area contributed by atoms with Gasteiger partial charge in [-0.15, -0.1) is 4.91 Å². The lowest BCUT2D eigenvalue weighted by atomic mass is 9.90. The van der Waals surface area contributed by atoms with E-state index in [0.29, 0.717) is 22.4 Å². The van der Waals surface area contributed by atoms with E-state index < -0.39 is 5.63 Å². The van der Waals surface area contributed by atoms with E-state index in [9.17, 15) is 9.70 Å². The number of rotatable bonds is 3. The summed E-state index contributed by atoms with van der Waals surface area (Å²) >= 11 is 6.27. The predicted octanol–water partition coefficient (Wildman–Crippen LogP) is 4.51. The largest absolute Gasteiger partial charge is 0.487 e. The number of nitroso groups, excluding NO2 is 1. The highest BCUT2D eigenvalue weighted by Gasteiger charge is 2.24. The van der Waals surface area contributed by atoms with E-state index in [1.165, 1.54) is 0 Å². The Labute approximate surface area is 132 Å². The summed E-state index contributed by atoms with van der Waals surface area (Å²) in [6.45, 7) is 3.64. The van der Waals surface area contributed by atoms with Crippen molar-refractivity contribution in [1.29, 1.82) is 0 Å². The summed E-state index contributed by atoms with van der Waals surface area (Å²) in [6, 6.07) is 1.70. The highest BCUT2D eigenvalue weighted by Crippen LogP contribution is 2.43. The number of fused-ring (bicyclic) bond motifs is 3. The molecule has 0 amide bonds. The highest BCUT2D eigenvalue weighted by atomic mass is 35.5. The molecule has 1 aromatic carbocycles. The van der Waals surface area contributed by atoms with Gasteiger partial charge in [-0.1, -0.05) is 11.6 Å². The number of ether oxygens (including phenoxy) is 1. The molecule has 0 aliphatic heterocycles. The van der Waals surface area contributed by atoms with Crippen molar-refractivity contribution in [3.8, 4) is 5.75 Å². The number of benzene rings is 1. The van der Waals surface area contributed by atoms with Crippen molar-refractivity contribution in [2.75, 3.05) is 0 Å². The van der Waals surface area contributed by atoms with Crippen LogP contribution < -0.4 is 10.4 Å². The number of hydrogen-bond acceptors (Lipinski definition) is 5. The Hall–Kier alpha value is -1.88. The fourth-order valence-electron chi connectivity index (χ4n) is 2.94. The molecule has 0 saturated carbocycles. The van der Waals surface area contributed by atoms with Crippen LogP contribution in [0.15, 0.2) is 20.5 Å². The lowest BCUT2D eigenvalue weighted by molar-refractivity contribution is 0.243. The normalized spacial score (nSPS) is 14.2. The van der Waals surface area contributed by atoms with Gasteiger partial charge in [-0.2, -0.15) is 0 Å². The summed E-state index contributed by atoms with van der Waals surface area (Å²) < 4.78 is 10.9. The molecule has 1 aliphatic rings. The summed E-state index contributed by atoms with van der Waals surface area (Å²) in [5.41, 5.74) is 1.33. The van der Waals surface area contributed by atoms with E-state index in [4.69, 9.17) is 20.8 Å². The second kappa shape index (κ2) is 5.72. The van der Waals surface area contributed by atoms with Crippen LogP contribution in [-0.2, 0) is 12.8 Å². The van der Waals surface area contributed by atoms with Crippen molar-refractivity contribution < 1.29 is 9.15 Å². The zero-order chi connectivity index (χ0) is 15.9. The van der Waals surface area contributed by atoms with Gasteiger partial charge in [0.25, 0.3) is 0 Å². The summed E-state index contributed by atoms with van der Waals surface area (Å²) in [4.78, 5) is 23.5. The molecule has 0 saturated heterocycles. The number of hydrogen-bond donors (Lipinski definition) is 0. The molecular weight excluding hydrogens is 306 g/mol. The summed E-state index contributed by atoms with van der Waals surface area (Å²) in [6.07, 6.45) is 3.25. The van der Waals surface area contributed by atoms with Crippen LogP contribution in [0.2, 0.25) is 5.02 Å². The van der Waals surface area contributed by atoms with E-state index in [0.717, 1.165) is 24.8 Å². The molecule has 0 spiro atoms. The van der Waals surface area contributed by atoms with Crippen molar-refractivity contribution in [2.45, 2.75) is 45.6 Å². The first-order chi connectivity index (χ1) is 10.5. The maximum atomic E-state index is 12.2. The Balaban J connectivity index is 2.38. The van der Waals surface area contributed by atoms with Gasteiger partial charge in [-0.05, 0) is 56.3 Å². The van der Waals surface area contributed by atoms with Crippen LogP contribution in [0.4, 0.5) is 5.69 Å². The molecule has 0 radical (unpaired) electrons. The molecule has 3 rings (SSSR count). The van der Waals surface area contributed by atoms with Crippen molar-refractivity contribution in [1.82, 2.24) is 0 Å². The SMILES string of the molecule is CC(C)Oc1c(Cl)cc2c3c(c(=O)oc2c1N=O)CCCC3. The molecule has 0 unspecified atom stereocenters. The fraction of sp³-hybridized carbons (Fsp3) is 0.438. The molecule has 116 valence electrons. The minimum absolute atomic E-state index is 0.0401. The monoisotopic (exact) mass is 321 g/mol. The maximum absolute atomic E-state index is 12.2. The Morgan fingerprint density at radius 2 is 1.95 bits per heavy atom. The molecule has 2 aromatic rings. The molecular formula is C16H16ClNO4. The smallest absolute Gasteiger partial charge is 0.339 e. The standard InChI is InChI=1S/C16H16ClNO4/c1-8(2)21-15-12(17)7-11-9-5-3-4-6-10(9)16(19)22-14(11)13(15)18-20/h7-8H,3-6H2,1-2H3. The van der Waals surface area contributed by atoms with E-state index in [2.05, 4.69) is 5.18 Å². The van der Waals surface area contributed by atoms with Gasteiger partial charge in [-0.3, -0.25) is 0 Å². The van der Waals surface area contributed by atoms with Gasteiger partial charge < -0.3 is 9.15 Å². The molecule has 0 N–H and O–H groups in total. The van der Waals surface area contributed by atoms with Gasteiger partial charge in [0.2, 0.25) is 0 Å². The van der Waals surface area contributed by atoms with E-state index in [1.54, 1.807) is 6.07 Å². The predicted molar refractivity (Wildman–Crippen MR) is 85.4 cm³/mol. The molecule has 0 fully saturated rings. The zero-order valence-corrected chi connectivity index (χ0v) is 13.2. The first-order valence-electron chi connectivity index (χ1n) is 7.34. The second-order valence-corrected chi connectivity index (χ2v) is 6.13. The molecule has 22 heavy (non-hydrogen) atoms. The Kier molecular flexibility index (Phi) is 3.91. The van der Waals surface area contributed by atoms with Crippen LogP contribution in [0, 0.1) is 4.91 Å². The van der Waals surface area contributed by atoms with Gasteiger partial charge in [0, 0.05) is 10.9 Å². The summed E-state index contributed by atoms with van der Waals surface area (Å²) in [5, 5.41) is 4.00. The number of nitrogens with zero attached hydrogens (tertiary/aromatic N) is 1.